The van der Waals surface area contributed by atoms with Crippen molar-refractivity contribution in [2.24, 2.45) is 17.3 Å². The molecule has 1 saturated heterocycles. The molecule has 80 valence electrons. The summed E-state index contributed by atoms with van der Waals surface area (Å²) in [5, 5.41) is 0. The van der Waals surface area contributed by atoms with Crippen molar-refractivity contribution in [2.75, 3.05) is 18.0 Å². The molecule has 2 atom stereocenters. The summed E-state index contributed by atoms with van der Waals surface area (Å²) in [6, 6.07) is 2.16. The molecule has 2 fully saturated rings. The molecule has 0 aromatic carbocycles. The van der Waals surface area contributed by atoms with Crippen LogP contribution in [0.3, 0.4) is 0 Å². The second-order valence-corrected chi connectivity index (χ2v) is 6.22. The summed E-state index contributed by atoms with van der Waals surface area (Å²) >= 11 is 3.47. The van der Waals surface area contributed by atoms with Crippen molar-refractivity contribution in [1.82, 2.24) is 4.98 Å². The van der Waals surface area contributed by atoms with Crippen molar-refractivity contribution in [3.63, 3.8) is 0 Å². The van der Waals surface area contributed by atoms with Crippen LogP contribution in [0.2, 0.25) is 0 Å². The van der Waals surface area contributed by atoms with E-state index < -0.39 is 0 Å². The third-order valence-corrected chi connectivity index (χ3v) is 4.61. The molecule has 0 spiro atoms. The maximum Gasteiger partial charge on any atom is 0.0564 e. The highest BCUT2D eigenvalue weighted by Crippen LogP contribution is 2.62. The van der Waals surface area contributed by atoms with Gasteiger partial charge in [0, 0.05) is 23.8 Å². The summed E-state index contributed by atoms with van der Waals surface area (Å²) in [6.07, 6.45) is 3.80. The van der Waals surface area contributed by atoms with E-state index in [4.69, 9.17) is 0 Å². The van der Waals surface area contributed by atoms with Crippen LogP contribution in [-0.2, 0) is 0 Å². The number of pyridine rings is 1. The fourth-order valence-corrected chi connectivity index (χ4v) is 3.27. The van der Waals surface area contributed by atoms with Crippen LogP contribution in [0.15, 0.2) is 22.9 Å². The number of hydrogen-bond acceptors (Lipinski definition) is 2. The van der Waals surface area contributed by atoms with Gasteiger partial charge in [-0.05, 0) is 39.2 Å². The topological polar surface area (TPSA) is 16.1 Å². The third-order valence-electron chi connectivity index (χ3n) is 4.18. The average molecular weight is 267 g/mol. The Kier molecular flexibility index (Phi) is 1.91. The Morgan fingerprint density at radius 1 is 1.33 bits per heavy atom. The lowest BCUT2D eigenvalue weighted by atomic mass is 10.1. The van der Waals surface area contributed by atoms with Gasteiger partial charge in [-0.2, -0.15) is 0 Å². The first kappa shape index (κ1) is 9.64. The van der Waals surface area contributed by atoms with E-state index in [0.29, 0.717) is 5.41 Å². The molecular formula is C12H15BrN2. The molecule has 2 unspecified atom stereocenters. The quantitative estimate of drug-likeness (QED) is 0.777. The lowest BCUT2D eigenvalue weighted by Crippen LogP contribution is -2.26. The fraction of sp³-hybridized carbons (Fsp3) is 0.583. The van der Waals surface area contributed by atoms with Crippen molar-refractivity contribution in [3.8, 4) is 0 Å². The highest BCUT2D eigenvalue weighted by Gasteiger charge is 2.61. The summed E-state index contributed by atoms with van der Waals surface area (Å²) in [6.45, 7) is 7.18. The van der Waals surface area contributed by atoms with E-state index in [-0.39, 0.29) is 0 Å². The van der Waals surface area contributed by atoms with Crippen molar-refractivity contribution in [1.29, 1.82) is 0 Å². The molecule has 15 heavy (non-hydrogen) atoms. The summed E-state index contributed by atoms with van der Waals surface area (Å²) in [7, 11) is 0. The van der Waals surface area contributed by atoms with E-state index in [2.05, 4.69) is 45.7 Å². The number of anilines is 1. The molecule has 0 bridgehead atoms. The molecule has 2 heterocycles. The summed E-state index contributed by atoms with van der Waals surface area (Å²) in [4.78, 5) is 6.67. The van der Waals surface area contributed by atoms with Crippen LogP contribution in [-0.4, -0.2) is 18.1 Å². The van der Waals surface area contributed by atoms with E-state index in [1.807, 2.05) is 12.4 Å². The smallest absolute Gasteiger partial charge is 0.0564 e. The standard InChI is InChI=1S/C12H15BrN2/c1-12(2)10-6-15(7-11(10)12)9-3-8(13)4-14-5-9/h3-5,10-11H,6-7H2,1-2H3. The van der Waals surface area contributed by atoms with Crippen molar-refractivity contribution in [3.05, 3.63) is 22.9 Å². The van der Waals surface area contributed by atoms with Crippen molar-refractivity contribution >= 4 is 21.6 Å². The SMILES string of the molecule is CC1(C)C2CN(c3cncc(Br)c3)CC21. The molecule has 0 radical (unpaired) electrons. The lowest BCUT2D eigenvalue weighted by molar-refractivity contribution is 0.499. The van der Waals surface area contributed by atoms with Crippen LogP contribution in [0.5, 0.6) is 0 Å². The van der Waals surface area contributed by atoms with E-state index in [0.717, 1.165) is 16.3 Å². The number of halogens is 1. The Labute approximate surface area is 98.8 Å². The molecule has 0 amide bonds. The van der Waals surface area contributed by atoms with Gasteiger partial charge in [0.1, 0.15) is 0 Å². The molecule has 3 rings (SSSR count). The zero-order valence-corrected chi connectivity index (χ0v) is 10.7. The van der Waals surface area contributed by atoms with Gasteiger partial charge < -0.3 is 4.90 Å². The molecule has 1 aromatic heterocycles. The largest absolute Gasteiger partial charge is 0.370 e. The Bertz CT molecular complexity index is 388. The van der Waals surface area contributed by atoms with Gasteiger partial charge in [0.2, 0.25) is 0 Å². The molecular weight excluding hydrogens is 252 g/mol. The minimum absolute atomic E-state index is 0.593. The number of aromatic nitrogens is 1. The minimum Gasteiger partial charge on any atom is -0.370 e. The molecule has 1 aliphatic carbocycles. The lowest BCUT2D eigenvalue weighted by Gasteiger charge is -2.23. The first-order chi connectivity index (χ1) is 7.09. The maximum atomic E-state index is 4.22. The van der Waals surface area contributed by atoms with Crippen LogP contribution in [0, 0.1) is 17.3 Å². The van der Waals surface area contributed by atoms with Gasteiger partial charge in [-0.1, -0.05) is 13.8 Å². The zero-order valence-electron chi connectivity index (χ0n) is 9.07. The van der Waals surface area contributed by atoms with Crippen molar-refractivity contribution in [2.45, 2.75) is 13.8 Å². The molecule has 2 aliphatic rings. The molecule has 0 N–H and O–H groups in total. The maximum absolute atomic E-state index is 4.22. The summed E-state index contributed by atoms with van der Waals surface area (Å²) in [5.41, 5.74) is 1.85. The second-order valence-electron chi connectivity index (χ2n) is 5.30. The number of fused-ring (bicyclic) bond motifs is 1. The van der Waals surface area contributed by atoms with E-state index in [9.17, 15) is 0 Å². The highest BCUT2D eigenvalue weighted by atomic mass is 79.9. The van der Waals surface area contributed by atoms with Gasteiger partial charge in [0.25, 0.3) is 0 Å². The number of piperidine rings is 1. The Balaban J connectivity index is 1.78. The minimum atomic E-state index is 0.593. The molecule has 1 aliphatic heterocycles. The molecule has 1 aromatic rings. The monoisotopic (exact) mass is 266 g/mol. The highest BCUT2D eigenvalue weighted by molar-refractivity contribution is 9.10. The van der Waals surface area contributed by atoms with Crippen LogP contribution in [0.4, 0.5) is 5.69 Å². The van der Waals surface area contributed by atoms with Crippen LogP contribution >= 0.6 is 15.9 Å². The summed E-state index contributed by atoms with van der Waals surface area (Å²) in [5.74, 6) is 1.80. The van der Waals surface area contributed by atoms with Gasteiger partial charge in [0.15, 0.2) is 0 Å². The predicted octanol–water partition coefficient (Wildman–Crippen LogP) is 2.94. The van der Waals surface area contributed by atoms with E-state index in [1.165, 1.54) is 18.8 Å². The van der Waals surface area contributed by atoms with Gasteiger partial charge in [-0.3, -0.25) is 4.98 Å². The number of nitrogens with zero attached hydrogens (tertiary/aromatic N) is 2. The van der Waals surface area contributed by atoms with E-state index in [1.54, 1.807) is 0 Å². The molecule has 1 saturated carbocycles. The third kappa shape index (κ3) is 1.40. The van der Waals surface area contributed by atoms with Gasteiger partial charge in [0.05, 0.1) is 11.9 Å². The first-order valence-electron chi connectivity index (χ1n) is 5.44. The van der Waals surface area contributed by atoms with Crippen LogP contribution < -0.4 is 4.90 Å². The first-order valence-corrected chi connectivity index (χ1v) is 6.24. The van der Waals surface area contributed by atoms with Gasteiger partial charge in [-0.25, -0.2) is 0 Å². The predicted molar refractivity (Wildman–Crippen MR) is 64.9 cm³/mol. The Morgan fingerprint density at radius 2 is 2.00 bits per heavy atom. The number of hydrogen-bond donors (Lipinski definition) is 0. The zero-order chi connectivity index (χ0) is 10.6. The van der Waals surface area contributed by atoms with Crippen molar-refractivity contribution < 1.29 is 0 Å². The summed E-state index contributed by atoms with van der Waals surface area (Å²) < 4.78 is 1.07. The van der Waals surface area contributed by atoms with E-state index >= 15 is 0 Å². The van der Waals surface area contributed by atoms with Gasteiger partial charge in [-0.15, -0.1) is 0 Å². The average Bonchev–Trinajstić information content (AvgIpc) is 2.63. The van der Waals surface area contributed by atoms with Crippen LogP contribution in [0.25, 0.3) is 0 Å². The van der Waals surface area contributed by atoms with Gasteiger partial charge >= 0.3 is 0 Å². The normalized spacial score (nSPS) is 31.5. The molecule has 3 heteroatoms. The fourth-order valence-electron chi connectivity index (χ4n) is 2.92. The Morgan fingerprint density at radius 3 is 2.60 bits per heavy atom. The van der Waals surface area contributed by atoms with Crippen LogP contribution in [0.1, 0.15) is 13.8 Å². The second kappa shape index (κ2) is 2.97. The Hall–Kier alpha value is -0.570. The number of rotatable bonds is 1. The molecule has 2 nitrogen and oxygen atoms in total.